The van der Waals surface area contributed by atoms with Gasteiger partial charge in [-0.2, -0.15) is 0 Å². The molecule has 4 nitrogen and oxygen atoms in total. The number of ether oxygens (including phenoxy) is 2. The fourth-order valence-electron chi connectivity index (χ4n) is 2.29. The van der Waals surface area contributed by atoms with Crippen molar-refractivity contribution < 1.29 is 14.3 Å². The number of carbonyl (C=O) groups is 1. The molecule has 1 unspecified atom stereocenters. The van der Waals surface area contributed by atoms with Crippen LogP contribution in [-0.4, -0.2) is 30.1 Å². The summed E-state index contributed by atoms with van der Waals surface area (Å²) < 4.78 is 11.0. The first-order valence-electron chi connectivity index (χ1n) is 7.05. The first kappa shape index (κ1) is 16.6. The van der Waals surface area contributed by atoms with Gasteiger partial charge in [0.25, 0.3) is 0 Å². The normalized spacial score (nSPS) is 13.9. The van der Waals surface area contributed by atoms with Crippen LogP contribution in [0.15, 0.2) is 6.20 Å². The fraction of sp³-hybridized carbons (Fsp3) is 0.625. The van der Waals surface area contributed by atoms with E-state index in [4.69, 9.17) is 9.47 Å². The zero-order valence-electron chi connectivity index (χ0n) is 13.4. The molecule has 0 aliphatic carbocycles. The van der Waals surface area contributed by atoms with Crippen molar-refractivity contribution in [3.63, 3.8) is 0 Å². The Morgan fingerprint density at radius 2 is 2.00 bits per heavy atom. The van der Waals surface area contributed by atoms with E-state index in [1.165, 1.54) is 0 Å². The predicted molar refractivity (Wildman–Crippen MR) is 79.3 cm³/mol. The van der Waals surface area contributed by atoms with E-state index >= 15 is 0 Å². The Balaban J connectivity index is 3.02. The highest BCUT2D eigenvalue weighted by Gasteiger charge is 2.32. The molecule has 0 aromatic carbocycles. The Bertz CT molecular complexity index is 485. The van der Waals surface area contributed by atoms with Crippen molar-refractivity contribution in [2.45, 2.75) is 53.1 Å². The molecule has 0 fully saturated rings. The monoisotopic (exact) mass is 279 g/mol. The predicted octanol–water partition coefficient (Wildman–Crippen LogP) is 3.02. The number of hydrogen-bond donors (Lipinski definition) is 0. The Hall–Kier alpha value is -1.42. The van der Waals surface area contributed by atoms with E-state index < -0.39 is 5.60 Å². The number of Topliss-reactive ketones (excluding diaryl/α,β-unsaturated/α-hetero) is 1. The summed E-state index contributed by atoms with van der Waals surface area (Å²) in [5.74, 6) is 0.862. The number of carbonyl (C=O) groups excluding carboxylic acids is 1. The minimum atomic E-state index is -0.735. The van der Waals surface area contributed by atoms with E-state index in [9.17, 15) is 4.79 Å². The lowest BCUT2D eigenvalue weighted by Gasteiger charge is -2.26. The van der Waals surface area contributed by atoms with Crippen molar-refractivity contribution >= 4 is 5.78 Å². The third kappa shape index (κ3) is 3.37. The number of methoxy groups -OCH3 is 1. The van der Waals surface area contributed by atoms with Gasteiger partial charge in [0.15, 0.2) is 5.78 Å². The highest BCUT2D eigenvalue weighted by molar-refractivity contribution is 5.88. The molecule has 1 heterocycles. The molecule has 0 aliphatic rings. The quantitative estimate of drug-likeness (QED) is 0.769. The lowest BCUT2D eigenvalue weighted by Crippen LogP contribution is -2.39. The van der Waals surface area contributed by atoms with Gasteiger partial charge in [0, 0.05) is 23.9 Å². The van der Waals surface area contributed by atoms with E-state index in [1.807, 2.05) is 34.6 Å². The summed E-state index contributed by atoms with van der Waals surface area (Å²) in [7, 11) is 1.64. The number of rotatable bonds is 7. The number of pyridine rings is 1. The largest absolute Gasteiger partial charge is 0.496 e. The minimum Gasteiger partial charge on any atom is -0.496 e. The minimum absolute atomic E-state index is 0.0587. The highest BCUT2D eigenvalue weighted by Crippen LogP contribution is 2.26. The molecule has 4 heteroatoms. The maximum Gasteiger partial charge on any atom is 0.170 e. The van der Waals surface area contributed by atoms with E-state index in [1.54, 1.807) is 13.3 Å². The van der Waals surface area contributed by atoms with Crippen molar-refractivity contribution in [2.24, 2.45) is 0 Å². The number of aryl methyl sites for hydroxylation is 1. The van der Waals surface area contributed by atoms with Gasteiger partial charge in [0.1, 0.15) is 11.4 Å². The second-order valence-electron chi connectivity index (χ2n) is 5.16. The molecule has 1 rings (SSSR count). The first-order valence-corrected chi connectivity index (χ1v) is 7.05. The second kappa shape index (κ2) is 6.84. The van der Waals surface area contributed by atoms with Crippen LogP contribution in [0.2, 0.25) is 0 Å². The van der Waals surface area contributed by atoms with Crippen LogP contribution in [0.5, 0.6) is 5.75 Å². The van der Waals surface area contributed by atoms with Crippen LogP contribution in [-0.2, 0) is 16.0 Å². The lowest BCUT2D eigenvalue weighted by molar-refractivity contribution is -0.141. The molecule has 20 heavy (non-hydrogen) atoms. The maximum absolute atomic E-state index is 12.5. The molecular formula is C16H25NO3. The van der Waals surface area contributed by atoms with Gasteiger partial charge in [0.05, 0.1) is 19.2 Å². The number of nitrogens with zero attached hydrogens (tertiary/aromatic N) is 1. The smallest absolute Gasteiger partial charge is 0.170 e. The van der Waals surface area contributed by atoms with Crippen LogP contribution in [0.1, 0.15) is 44.0 Å². The summed E-state index contributed by atoms with van der Waals surface area (Å²) in [6.07, 6.45) is 2.67. The Morgan fingerprint density at radius 3 is 2.50 bits per heavy atom. The fourth-order valence-corrected chi connectivity index (χ4v) is 2.29. The molecule has 112 valence electrons. The van der Waals surface area contributed by atoms with Gasteiger partial charge in [-0.3, -0.25) is 9.78 Å². The van der Waals surface area contributed by atoms with Crippen LogP contribution in [0, 0.1) is 13.8 Å². The number of ketones is 1. The van der Waals surface area contributed by atoms with Gasteiger partial charge < -0.3 is 9.47 Å². The van der Waals surface area contributed by atoms with Gasteiger partial charge in [-0.1, -0.05) is 6.92 Å². The number of hydrogen-bond acceptors (Lipinski definition) is 4. The van der Waals surface area contributed by atoms with Crippen LogP contribution < -0.4 is 4.74 Å². The van der Waals surface area contributed by atoms with Crippen molar-refractivity contribution in [1.82, 2.24) is 4.98 Å². The van der Waals surface area contributed by atoms with Crippen molar-refractivity contribution in [1.29, 1.82) is 0 Å². The van der Waals surface area contributed by atoms with Crippen molar-refractivity contribution in [3.05, 3.63) is 23.0 Å². The van der Waals surface area contributed by atoms with E-state index in [-0.39, 0.29) is 12.2 Å². The van der Waals surface area contributed by atoms with Crippen molar-refractivity contribution in [3.8, 4) is 5.75 Å². The van der Waals surface area contributed by atoms with Crippen LogP contribution in [0.3, 0.4) is 0 Å². The van der Waals surface area contributed by atoms with E-state index in [0.717, 1.165) is 22.6 Å². The van der Waals surface area contributed by atoms with E-state index in [2.05, 4.69) is 4.98 Å². The van der Waals surface area contributed by atoms with Crippen LogP contribution in [0.4, 0.5) is 0 Å². The maximum atomic E-state index is 12.5. The third-order valence-electron chi connectivity index (χ3n) is 3.81. The molecule has 1 atom stereocenters. The molecule has 1 aromatic heterocycles. The summed E-state index contributed by atoms with van der Waals surface area (Å²) >= 11 is 0. The summed E-state index contributed by atoms with van der Waals surface area (Å²) in [5, 5.41) is 0. The molecule has 1 aromatic rings. The Morgan fingerprint density at radius 1 is 1.35 bits per heavy atom. The zero-order chi connectivity index (χ0) is 15.3. The summed E-state index contributed by atoms with van der Waals surface area (Å²) in [4.78, 5) is 16.9. The third-order valence-corrected chi connectivity index (χ3v) is 3.81. The molecule has 0 spiro atoms. The standard InChI is InChI=1S/C16H25NO3/c1-7-16(5,20-8-2)14(18)9-13-12(4)15(19-6)11(3)10-17-13/h10H,7-9H2,1-6H3. The average Bonchev–Trinajstić information content (AvgIpc) is 2.42. The van der Waals surface area contributed by atoms with E-state index in [0.29, 0.717) is 13.0 Å². The lowest BCUT2D eigenvalue weighted by atomic mass is 9.92. The average molecular weight is 279 g/mol. The van der Waals surface area contributed by atoms with Gasteiger partial charge in [-0.25, -0.2) is 0 Å². The van der Waals surface area contributed by atoms with Gasteiger partial charge in [0.2, 0.25) is 0 Å². The summed E-state index contributed by atoms with van der Waals surface area (Å²) in [5.41, 5.74) is 1.93. The molecule has 0 N–H and O–H groups in total. The molecule has 0 amide bonds. The molecular weight excluding hydrogens is 254 g/mol. The Labute approximate surface area is 121 Å². The molecule has 0 bridgehead atoms. The van der Waals surface area contributed by atoms with Gasteiger partial charge >= 0.3 is 0 Å². The van der Waals surface area contributed by atoms with Crippen molar-refractivity contribution in [2.75, 3.05) is 13.7 Å². The van der Waals surface area contributed by atoms with Gasteiger partial charge in [-0.05, 0) is 34.1 Å². The zero-order valence-corrected chi connectivity index (χ0v) is 13.4. The topological polar surface area (TPSA) is 48.4 Å². The summed E-state index contributed by atoms with van der Waals surface area (Å²) in [6.45, 7) is 10.1. The Kier molecular flexibility index (Phi) is 5.69. The van der Waals surface area contributed by atoms with Crippen LogP contribution in [0.25, 0.3) is 0 Å². The molecule has 0 saturated heterocycles. The molecule has 0 saturated carbocycles. The molecule has 0 aliphatic heterocycles. The SMILES string of the molecule is CCOC(C)(CC)C(=O)Cc1ncc(C)c(OC)c1C. The summed E-state index contributed by atoms with van der Waals surface area (Å²) in [6, 6.07) is 0. The second-order valence-corrected chi connectivity index (χ2v) is 5.16. The van der Waals surface area contributed by atoms with Crippen LogP contribution >= 0.6 is 0 Å². The molecule has 0 radical (unpaired) electrons. The number of aromatic nitrogens is 1. The highest BCUT2D eigenvalue weighted by atomic mass is 16.5. The van der Waals surface area contributed by atoms with Gasteiger partial charge in [-0.15, -0.1) is 0 Å². The first-order chi connectivity index (χ1) is 9.39.